The summed E-state index contributed by atoms with van der Waals surface area (Å²) in [5.74, 6) is 0.874. The molecular weight excluding hydrogens is 524 g/mol. The summed E-state index contributed by atoms with van der Waals surface area (Å²) in [5, 5.41) is 3.10. The van der Waals surface area contributed by atoms with Crippen molar-refractivity contribution in [1.82, 2.24) is 24.3 Å². The number of thiophene rings is 1. The molecule has 1 aliphatic rings. The molecule has 1 aromatic carbocycles. The van der Waals surface area contributed by atoms with Crippen LogP contribution in [0.15, 0.2) is 60.0 Å². The highest BCUT2D eigenvalue weighted by molar-refractivity contribution is 7.17. The Morgan fingerprint density at radius 3 is 2.80 bits per heavy atom. The fraction of sp³-hybridized carbons (Fsp3) is 0.400. The number of likely N-dealkylation sites (tertiary alicyclic amines) is 1. The molecule has 210 valence electrons. The van der Waals surface area contributed by atoms with Crippen molar-refractivity contribution in [2.75, 3.05) is 32.0 Å². The number of likely N-dealkylation sites (N-methyl/N-ethyl adjacent to an activating group) is 1. The summed E-state index contributed by atoms with van der Waals surface area (Å²) >= 11 is 1.35. The lowest BCUT2D eigenvalue weighted by atomic mass is 10.1. The number of aromatic nitrogens is 3. The van der Waals surface area contributed by atoms with Crippen LogP contribution in [-0.4, -0.2) is 62.8 Å². The van der Waals surface area contributed by atoms with Crippen LogP contribution in [0.5, 0.6) is 0 Å². The fourth-order valence-electron chi connectivity index (χ4n) is 5.34. The molecule has 2 amide bonds. The number of nitrogens with zero attached hydrogens (tertiary/aromatic N) is 5. The van der Waals surface area contributed by atoms with Crippen molar-refractivity contribution in [3.8, 4) is 10.6 Å². The first-order chi connectivity index (χ1) is 19.5. The standard InChI is InChI=1S/C30H36N6O3S/c1-4-22(9-8-14-34(3)28(37)5-2)36-24-11-10-21(19-35-15-6-7-16-35)17-23(24)32-30(36)33-29(38)27-13-12-26(40-27)25-18-31-20-39-25/h5,10-13,17-18,20,22H,2,4,6-9,14-16,19H2,1,3H3,(H,32,33,38)/t22-/m0/s1. The first-order valence-electron chi connectivity index (χ1n) is 13.9. The van der Waals surface area contributed by atoms with E-state index >= 15 is 0 Å². The molecule has 1 fully saturated rings. The lowest BCUT2D eigenvalue weighted by Crippen LogP contribution is -2.26. The van der Waals surface area contributed by atoms with Crippen LogP contribution in [0.3, 0.4) is 0 Å². The van der Waals surface area contributed by atoms with E-state index in [0.717, 1.165) is 54.8 Å². The molecule has 0 spiro atoms. The number of fused-ring (bicyclic) bond motifs is 1. The van der Waals surface area contributed by atoms with Gasteiger partial charge in [-0.15, -0.1) is 11.3 Å². The second kappa shape index (κ2) is 12.6. The molecular formula is C30H36N6O3S. The van der Waals surface area contributed by atoms with Crippen molar-refractivity contribution >= 4 is 40.1 Å². The van der Waals surface area contributed by atoms with Gasteiger partial charge in [-0.25, -0.2) is 9.97 Å². The minimum atomic E-state index is -0.212. The Kier molecular flexibility index (Phi) is 8.76. The quantitative estimate of drug-likeness (QED) is 0.214. The van der Waals surface area contributed by atoms with Crippen LogP contribution in [0, 0.1) is 0 Å². The van der Waals surface area contributed by atoms with E-state index < -0.39 is 0 Å². The normalized spacial score (nSPS) is 14.4. The van der Waals surface area contributed by atoms with Gasteiger partial charge in [0.2, 0.25) is 11.9 Å². The zero-order valence-electron chi connectivity index (χ0n) is 23.1. The highest BCUT2D eigenvalue weighted by Crippen LogP contribution is 2.32. The third-order valence-electron chi connectivity index (χ3n) is 7.51. The second-order valence-corrected chi connectivity index (χ2v) is 11.3. The molecule has 1 saturated heterocycles. The van der Waals surface area contributed by atoms with Crippen molar-refractivity contribution < 1.29 is 14.0 Å². The summed E-state index contributed by atoms with van der Waals surface area (Å²) in [5.41, 5.74) is 3.10. The maximum absolute atomic E-state index is 13.4. The Labute approximate surface area is 238 Å². The molecule has 0 radical (unpaired) electrons. The van der Waals surface area contributed by atoms with E-state index in [1.807, 2.05) is 6.07 Å². The molecule has 10 heteroatoms. The Morgan fingerprint density at radius 2 is 2.08 bits per heavy atom. The predicted molar refractivity (Wildman–Crippen MR) is 158 cm³/mol. The average molecular weight is 561 g/mol. The molecule has 1 atom stereocenters. The van der Waals surface area contributed by atoms with E-state index in [0.29, 0.717) is 23.1 Å². The first kappa shape index (κ1) is 27.8. The first-order valence-corrected chi connectivity index (χ1v) is 14.7. The van der Waals surface area contributed by atoms with Crippen molar-refractivity contribution in [3.63, 3.8) is 0 Å². The van der Waals surface area contributed by atoms with Crippen LogP contribution >= 0.6 is 11.3 Å². The molecule has 0 saturated carbocycles. The van der Waals surface area contributed by atoms with E-state index in [2.05, 4.69) is 51.5 Å². The van der Waals surface area contributed by atoms with E-state index in [9.17, 15) is 9.59 Å². The molecule has 9 nitrogen and oxygen atoms in total. The van der Waals surface area contributed by atoms with Gasteiger partial charge < -0.3 is 13.9 Å². The Hall–Kier alpha value is -3.76. The highest BCUT2D eigenvalue weighted by atomic mass is 32.1. The second-order valence-electron chi connectivity index (χ2n) is 10.3. The molecule has 4 heterocycles. The maximum atomic E-state index is 13.4. The van der Waals surface area contributed by atoms with Crippen LogP contribution in [0.4, 0.5) is 5.95 Å². The summed E-state index contributed by atoms with van der Waals surface area (Å²) in [6, 6.07) is 10.2. The lowest BCUT2D eigenvalue weighted by Gasteiger charge is -2.22. The van der Waals surface area contributed by atoms with Crippen LogP contribution < -0.4 is 5.32 Å². The van der Waals surface area contributed by atoms with Crippen LogP contribution in [0.2, 0.25) is 0 Å². The zero-order chi connectivity index (χ0) is 28.1. The van der Waals surface area contributed by atoms with E-state index in [4.69, 9.17) is 9.40 Å². The third kappa shape index (κ3) is 6.18. The average Bonchev–Trinajstić information content (AvgIpc) is 3.77. The number of oxazole rings is 1. The summed E-state index contributed by atoms with van der Waals surface area (Å²) in [6.45, 7) is 9.53. The van der Waals surface area contributed by atoms with E-state index in [1.165, 1.54) is 42.2 Å². The number of hydrogen-bond acceptors (Lipinski definition) is 7. The summed E-state index contributed by atoms with van der Waals surface area (Å²) < 4.78 is 7.55. The van der Waals surface area contributed by atoms with Gasteiger partial charge >= 0.3 is 0 Å². The molecule has 4 aromatic rings. The Morgan fingerprint density at radius 1 is 1.25 bits per heavy atom. The monoisotopic (exact) mass is 560 g/mol. The highest BCUT2D eigenvalue weighted by Gasteiger charge is 2.22. The van der Waals surface area contributed by atoms with Crippen LogP contribution in [0.25, 0.3) is 21.7 Å². The number of nitrogens with one attached hydrogen (secondary N) is 1. The fourth-order valence-corrected chi connectivity index (χ4v) is 6.19. The lowest BCUT2D eigenvalue weighted by molar-refractivity contribution is -0.124. The minimum Gasteiger partial charge on any atom is -0.443 e. The molecule has 40 heavy (non-hydrogen) atoms. The number of carbonyl (C=O) groups is 2. The molecule has 3 aromatic heterocycles. The topological polar surface area (TPSA) is 96.5 Å². The smallest absolute Gasteiger partial charge is 0.268 e. The summed E-state index contributed by atoms with van der Waals surface area (Å²) in [6.07, 6.45) is 9.37. The molecule has 1 N–H and O–H groups in total. The number of hydrogen-bond donors (Lipinski definition) is 1. The van der Waals surface area contributed by atoms with Gasteiger partial charge in [-0.2, -0.15) is 0 Å². The number of carbonyl (C=O) groups excluding carboxylic acids is 2. The van der Waals surface area contributed by atoms with Gasteiger partial charge in [0.1, 0.15) is 0 Å². The molecule has 0 aliphatic carbocycles. The number of rotatable bonds is 12. The van der Waals surface area contributed by atoms with Gasteiger partial charge in [-0.1, -0.05) is 19.6 Å². The number of anilines is 1. The SMILES string of the molecule is C=CC(=O)N(C)CCC[C@H](CC)n1c(NC(=O)c2ccc(-c3cnco3)s2)nc2cc(CN3CCCC3)ccc21. The van der Waals surface area contributed by atoms with Gasteiger partial charge in [-0.3, -0.25) is 19.8 Å². The maximum Gasteiger partial charge on any atom is 0.268 e. The number of benzene rings is 1. The van der Waals surface area contributed by atoms with Crippen LogP contribution in [0.1, 0.15) is 60.3 Å². The van der Waals surface area contributed by atoms with Crippen molar-refractivity contribution in [2.24, 2.45) is 0 Å². The minimum absolute atomic E-state index is 0.0831. The Balaban J connectivity index is 1.42. The van der Waals surface area contributed by atoms with E-state index in [-0.39, 0.29) is 17.9 Å². The van der Waals surface area contributed by atoms with Gasteiger partial charge in [0.05, 0.1) is 27.0 Å². The third-order valence-corrected chi connectivity index (χ3v) is 8.61. The number of amides is 2. The van der Waals surface area contributed by atoms with E-state index in [1.54, 1.807) is 24.2 Å². The van der Waals surface area contributed by atoms with Gasteiger partial charge in [0.25, 0.3) is 5.91 Å². The largest absolute Gasteiger partial charge is 0.443 e. The summed E-state index contributed by atoms with van der Waals surface area (Å²) in [4.78, 5) is 39.8. The van der Waals surface area contributed by atoms with Crippen LogP contribution in [-0.2, 0) is 11.3 Å². The predicted octanol–water partition coefficient (Wildman–Crippen LogP) is 5.98. The molecule has 5 rings (SSSR count). The Bertz CT molecular complexity index is 1470. The molecule has 1 aliphatic heterocycles. The van der Waals surface area contributed by atoms with Crippen molar-refractivity contribution in [2.45, 2.75) is 51.6 Å². The zero-order valence-corrected chi connectivity index (χ0v) is 24.0. The van der Waals surface area contributed by atoms with Crippen molar-refractivity contribution in [3.05, 3.63) is 66.0 Å². The summed E-state index contributed by atoms with van der Waals surface area (Å²) in [7, 11) is 1.79. The molecule has 0 unspecified atom stereocenters. The van der Waals surface area contributed by atoms with Gasteiger partial charge in [0.15, 0.2) is 12.2 Å². The van der Waals surface area contributed by atoms with Gasteiger partial charge in [0, 0.05) is 26.2 Å². The van der Waals surface area contributed by atoms with Crippen molar-refractivity contribution in [1.29, 1.82) is 0 Å². The molecule has 0 bridgehead atoms. The number of imidazole rings is 1. The van der Waals surface area contributed by atoms with Gasteiger partial charge in [-0.05, 0) is 81.1 Å².